The van der Waals surface area contributed by atoms with E-state index in [9.17, 15) is 23.1 Å². The molecule has 0 aliphatic rings. The molecule has 0 aliphatic carbocycles. The maximum Gasteiger partial charge on any atom is 0.416 e. The molecule has 1 aromatic heterocycles. The highest BCUT2D eigenvalue weighted by Crippen LogP contribution is 2.29. The topological polar surface area (TPSA) is 62.2 Å². The molecular weight excluding hydrogens is 285 g/mol. The summed E-state index contributed by atoms with van der Waals surface area (Å²) in [7, 11) is 0. The largest absolute Gasteiger partial charge is 0.504 e. The van der Waals surface area contributed by atoms with Crippen molar-refractivity contribution in [2.75, 3.05) is 5.32 Å². The summed E-state index contributed by atoms with van der Waals surface area (Å²) in [6.45, 7) is 0. The summed E-state index contributed by atoms with van der Waals surface area (Å²) < 4.78 is 37.2. The third kappa shape index (κ3) is 3.95. The fourth-order valence-corrected chi connectivity index (χ4v) is 1.67. The van der Waals surface area contributed by atoms with Gasteiger partial charge < -0.3 is 10.4 Å². The van der Waals surface area contributed by atoms with Gasteiger partial charge >= 0.3 is 6.18 Å². The predicted octanol–water partition coefficient (Wildman–Crippen LogP) is 2.99. The van der Waals surface area contributed by atoms with Crippen LogP contribution < -0.4 is 5.32 Å². The number of pyridine rings is 1. The minimum atomic E-state index is -4.40. The van der Waals surface area contributed by atoms with Crippen LogP contribution in [0.5, 0.6) is 5.75 Å². The number of aromatic hydroxyl groups is 1. The van der Waals surface area contributed by atoms with Gasteiger partial charge in [-0.1, -0.05) is 12.1 Å². The third-order valence-electron chi connectivity index (χ3n) is 2.69. The lowest BCUT2D eigenvalue weighted by molar-refractivity contribution is -0.137. The van der Waals surface area contributed by atoms with E-state index in [0.29, 0.717) is 5.56 Å². The van der Waals surface area contributed by atoms with E-state index in [1.807, 2.05) is 0 Å². The van der Waals surface area contributed by atoms with Crippen molar-refractivity contribution in [3.63, 3.8) is 0 Å². The summed E-state index contributed by atoms with van der Waals surface area (Å²) >= 11 is 0. The Morgan fingerprint density at radius 3 is 2.43 bits per heavy atom. The molecule has 0 saturated heterocycles. The smallest absolute Gasteiger partial charge is 0.416 e. The van der Waals surface area contributed by atoms with Crippen molar-refractivity contribution in [3.8, 4) is 5.75 Å². The molecule has 110 valence electrons. The maximum atomic E-state index is 12.4. The van der Waals surface area contributed by atoms with E-state index in [1.165, 1.54) is 30.5 Å². The fraction of sp³-hybridized carbons (Fsp3) is 0.143. The molecule has 0 atom stereocenters. The molecule has 0 saturated carbocycles. The van der Waals surface area contributed by atoms with Crippen LogP contribution in [0.15, 0.2) is 42.6 Å². The molecular formula is C14H11F3N2O2. The van der Waals surface area contributed by atoms with Crippen molar-refractivity contribution in [1.29, 1.82) is 0 Å². The summed E-state index contributed by atoms with van der Waals surface area (Å²) in [6.07, 6.45) is -3.12. The van der Waals surface area contributed by atoms with E-state index in [1.54, 1.807) is 0 Å². The zero-order valence-electron chi connectivity index (χ0n) is 10.7. The summed E-state index contributed by atoms with van der Waals surface area (Å²) in [5, 5.41) is 11.8. The number of anilines is 1. The van der Waals surface area contributed by atoms with E-state index in [2.05, 4.69) is 10.3 Å². The number of hydrogen-bond donors (Lipinski definition) is 2. The maximum absolute atomic E-state index is 12.4. The molecule has 0 spiro atoms. The summed E-state index contributed by atoms with van der Waals surface area (Å²) in [5.41, 5.74) is -0.343. The first-order chi connectivity index (χ1) is 9.86. The molecule has 1 amide bonds. The van der Waals surface area contributed by atoms with E-state index in [0.717, 1.165) is 12.1 Å². The second-order valence-electron chi connectivity index (χ2n) is 4.29. The number of hydrogen-bond acceptors (Lipinski definition) is 3. The number of nitrogens with zero attached hydrogens (tertiary/aromatic N) is 1. The van der Waals surface area contributed by atoms with Gasteiger partial charge in [-0.2, -0.15) is 13.2 Å². The number of carbonyl (C=O) groups excluding carboxylic acids is 1. The van der Waals surface area contributed by atoms with Gasteiger partial charge in [-0.25, -0.2) is 4.98 Å². The number of nitrogens with one attached hydrogen (secondary N) is 1. The van der Waals surface area contributed by atoms with Crippen LogP contribution in [0, 0.1) is 0 Å². The standard InChI is InChI=1S/C14H11F3N2O2/c15-14(16,17)10-5-3-9(4-6-10)8-12(21)19-13-11(20)2-1-7-18-13/h1-7,20H,8H2,(H,18,19,21). The lowest BCUT2D eigenvalue weighted by Gasteiger charge is -2.08. The number of benzene rings is 1. The minimum absolute atomic E-state index is 0.00871. The highest BCUT2D eigenvalue weighted by Gasteiger charge is 2.29. The Kier molecular flexibility index (Phi) is 4.11. The molecule has 2 N–H and O–H groups in total. The van der Waals surface area contributed by atoms with Crippen LogP contribution in [0.4, 0.5) is 19.0 Å². The van der Waals surface area contributed by atoms with Gasteiger partial charge in [0.1, 0.15) is 0 Å². The van der Waals surface area contributed by atoms with Crippen molar-refractivity contribution in [2.45, 2.75) is 12.6 Å². The van der Waals surface area contributed by atoms with Crippen LogP contribution in [0.25, 0.3) is 0 Å². The zero-order valence-corrected chi connectivity index (χ0v) is 10.7. The van der Waals surface area contributed by atoms with Gasteiger partial charge in [0.2, 0.25) is 5.91 Å². The van der Waals surface area contributed by atoms with Crippen molar-refractivity contribution in [1.82, 2.24) is 4.98 Å². The van der Waals surface area contributed by atoms with Crippen molar-refractivity contribution in [3.05, 3.63) is 53.7 Å². The van der Waals surface area contributed by atoms with Gasteiger partial charge in [-0.3, -0.25) is 4.79 Å². The van der Waals surface area contributed by atoms with E-state index < -0.39 is 17.6 Å². The molecule has 0 unspecified atom stereocenters. The second kappa shape index (κ2) is 5.82. The predicted molar refractivity (Wildman–Crippen MR) is 69.7 cm³/mol. The first-order valence-corrected chi connectivity index (χ1v) is 5.96. The summed E-state index contributed by atoms with van der Waals surface area (Å²) in [6, 6.07) is 7.17. The molecule has 4 nitrogen and oxygen atoms in total. The first-order valence-electron chi connectivity index (χ1n) is 5.96. The van der Waals surface area contributed by atoms with Gasteiger partial charge in [0.05, 0.1) is 12.0 Å². The molecule has 1 heterocycles. The SMILES string of the molecule is O=C(Cc1ccc(C(F)(F)F)cc1)Nc1ncccc1O. The van der Waals surface area contributed by atoms with Crippen LogP contribution >= 0.6 is 0 Å². The van der Waals surface area contributed by atoms with Gasteiger partial charge in [-0.15, -0.1) is 0 Å². The number of aromatic nitrogens is 1. The fourth-order valence-electron chi connectivity index (χ4n) is 1.67. The van der Waals surface area contributed by atoms with Gasteiger partial charge in [-0.05, 0) is 29.8 Å². The Morgan fingerprint density at radius 1 is 1.19 bits per heavy atom. The molecule has 7 heteroatoms. The van der Waals surface area contributed by atoms with E-state index >= 15 is 0 Å². The molecule has 0 aliphatic heterocycles. The lowest BCUT2D eigenvalue weighted by Crippen LogP contribution is -2.15. The molecule has 1 aromatic carbocycles. The Balaban J connectivity index is 2.02. The van der Waals surface area contributed by atoms with Crippen molar-refractivity contribution in [2.24, 2.45) is 0 Å². The molecule has 0 bridgehead atoms. The Morgan fingerprint density at radius 2 is 1.86 bits per heavy atom. The zero-order chi connectivity index (χ0) is 15.5. The van der Waals surface area contributed by atoms with Gasteiger partial charge in [0, 0.05) is 6.20 Å². The quantitative estimate of drug-likeness (QED) is 0.915. The highest BCUT2D eigenvalue weighted by atomic mass is 19.4. The third-order valence-corrected chi connectivity index (χ3v) is 2.69. The van der Waals surface area contributed by atoms with Crippen LogP contribution in [0.3, 0.4) is 0 Å². The second-order valence-corrected chi connectivity index (χ2v) is 4.29. The number of halogens is 3. The number of carbonyl (C=O) groups is 1. The monoisotopic (exact) mass is 296 g/mol. The molecule has 0 radical (unpaired) electrons. The Bertz CT molecular complexity index is 639. The average molecular weight is 296 g/mol. The first kappa shape index (κ1) is 14.8. The van der Waals surface area contributed by atoms with Gasteiger partial charge in [0.15, 0.2) is 11.6 Å². The Hall–Kier alpha value is -2.57. The van der Waals surface area contributed by atoms with Crippen molar-refractivity contribution >= 4 is 11.7 Å². The minimum Gasteiger partial charge on any atom is -0.504 e. The summed E-state index contributed by atoms with van der Waals surface area (Å²) in [4.78, 5) is 15.5. The van der Waals surface area contributed by atoms with Crippen LogP contribution in [-0.2, 0) is 17.4 Å². The Labute approximate surface area is 118 Å². The van der Waals surface area contributed by atoms with Crippen LogP contribution in [0.1, 0.15) is 11.1 Å². The number of rotatable bonds is 3. The lowest BCUT2D eigenvalue weighted by atomic mass is 10.1. The van der Waals surface area contributed by atoms with Crippen molar-refractivity contribution < 1.29 is 23.1 Å². The molecule has 2 aromatic rings. The normalized spacial score (nSPS) is 11.2. The van der Waals surface area contributed by atoms with E-state index in [-0.39, 0.29) is 18.0 Å². The summed E-state index contributed by atoms with van der Waals surface area (Å²) in [5.74, 6) is -0.656. The molecule has 0 fully saturated rings. The van der Waals surface area contributed by atoms with Gasteiger partial charge in [0.25, 0.3) is 0 Å². The molecule has 21 heavy (non-hydrogen) atoms. The highest BCUT2D eigenvalue weighted by molar-refractivity contribution is 5.92. The van der Waals surface area contributed by atoms with Crippen LogP contribution in [0.2, 0.25) is 0 Å². The average Bonchev–Trinajstić information content (AvgIpc) is 2.41. The van der Waals surface area contributed by atoms with Crippen LogP contribution in [-0.4, -0.2) is 16.0 Å². The molecule has 2 rings (SSSR count). The number of amides is 1. The number of alkyl halides is 3. The van der Waals surface area contributed by atoms with E-state index in [4.69, 9.17) is 0 Å².